The first-order valence-electron chi connectivity index (χ1n) is 6.43. The summed E-state index contributed by atoms with van der Waals surface area (Å²) in [5, 5.41) is 2.40. The van der Waals surface area contributed by atoms with Crippen LogP contribution in [-0.2, 0) is 19.1 Å². The fourth-order valence-electron chi connectivity index (χ4n) is 1.21. The molecule has 0 aliphatic carbocycles. The Morgan fingerprint density at radius 2 is 1.75 bits per heavy atom. The molecule has 0 fully saturated rings. The second-order valence-electron chi connectivity index (χ2n) is 5.47. The summed E-state index contributed by atoms with van der Waals surface area (Å²) in [6.45, 7) is 6.57. The number of nitrogens with one attached hydrogen (secondary N) is 1. The van der Waals surface area contributed by atoms with Crippen molar-refractivity contribution >= 4 is 18.0 Å². The topological polar surface area (TPSA) is 84.9 Å². The largest absolute Gasteiger partial charge is 0.463 e. The van der Waals surface area contributed by atoms with Crippen LogP contribution < -0.4 is 5.32 Å². The molecule has 0 aromatic heterocycles. The van der Waals surface area contributed by atoms with Crippen molar-refractivity contribution in [3.05, 3.63) is 0 Å². The molecular weight excluding hydrogens is 264 g/mol. The van der Waals surface area contributed by atoms with Gasteiger partial charge in [-0.1, -0.05) is 6.92 Å². The van der Waals surface area contributed by atoms with Crippen LogP contribution in [0.5, 0.6) is 0 Å². The van der Waals surface area contributed by atoms with Gasteiger partial charge in [0.1, 0.15) is 18.2 Å². The van der Waals surface area contributed by atoms with Gasteiger partial charge in [-0.15, -0.1) is 0 Å². The number of carbonyl (C=O) groups excluding carboxylic acids is 3. The van der Waals surface area contributed by atoms with E-state index in [1.54, 1.807) is 41.8 Å². The van der Waals surface area contributed by atoms with Crippen LogP contribution in [0.1, 0.15) is 34.1 Å². The van der Waals surface area contributed by atoms with Crippen molar-refractivity contribution in [2.45, 2.75) is 45.8 Å². The van der Waals surface area contributed by atoms with Crippen molar-refractivity contribution in [3.8, 4) is 0 Å². The van der Waals surface area contributed by atoms with Gasteiger partial charge in [0, 0.05) is 20.5 Å². The molecule has 0 aliphatic rings. The van der Waals surface area contributed by atoms with Crippen LogP contribution in [0.15, 0.2) is 0 Å². The van der Waals surface area contributed by atoms with Gasteiger partial charge in [-0.25, -0.2) is 4.79 Å². The molecule has 0 aromatic rings. The minimum absolute atomic E-state index is 0.204. The van der Waals surface area contributed by atoms with E-state index in [9.17, 15) is 14.4 Å². The van der Waals surface area contributed by atoms with Gasteiger partial charge in [0.15, 0.2) is 0 Å². The summed E-state index contributed by atoms with van der Waals surface area (Å²) in [4.78, 5) is 36.0. The van der Waals surface area contributed by atoms with Crippen molar-refractivity contribution in [3.63, 3.8) is 0 Å². The Bertz CT molecular complexity index is 360. The van der Waals surface area contributed by atoms with E-state index in [0.717, 1.165) is 0 Å². The zero-order chi connectivity index (χ0) is 15.9. The molecule has 1 atom stereocenters. The monoisotopic (exact) mass is 288 g/mol. The summed E-state index contributed by atoms with van der Waals surface area (Å²) in [5.74, 6) is -0.813. The second kappa shape index (κ2) is 7.72. The number of carbonyl (C=O) groups is 3. The van der Waals surface area contributed by atoms with Crippen molar-refractivity contribution in [2.75, 3.05) is 20.7 Å². The van der Waals surface area contributed by atoms with Gasteiger partial charge in [0.05, 0.1) is 0 Å². The number of esters is 1. The summed E-state index contributed by atoms with van der Waals surface area (Å²) in [6.07, 6.45) is -0.528. The maximum atomic E-state index is 11.9. The Labute approximate surface area is 119 Å². The molecule has 7 heteroatoms. The highest BCUT2D eigenvalue weighted by Gasteiger charge is 2.26. The highest BCUT2D eigenvalue weighted by atomic mass is 16.6. The molecule has 0 rings (SSSR count). The Morgan fingerprint density at radius 3 is 2.15 bits per heavy atom. The summed E-state index contributed by atoms with van der Waals surface area (Å²) in [6, 6.07) is -0.963. The number of ether oxygens (including phenoxy) is 2. The van der Waals surface area contributed by atoms with Gasteiger partial charge in [-0.3, -0.25) is 9.59 Å². The van der Waals surface area contributed by atoms with E-state index in [1.165, 1.54) is 4.90 Å². The molecule has 20 heavy (non-hydrogen) atoms. The van der Waals surface area contributed by atoms with Crippen LogP contribution in [0, 0.1) is 0 Å². The summed E-state index contributed by atoms with van der Waals surface area (Å²) >= 11 is 0. The van der Waals surface area contributed by atoms with Gasteiger partial charge in [-0.2, -0.15) is 0 Å². The summed E-state index contributed by atoms with van der Waals surface area (Å²) in [5.41, 5.74) is -0.671. The Balaban J connectivity index is 4.65. The Hall–Kier alpha value is -1.79. The summed E-state index contributed by atoms with van der Waals surface area (Å²) < 4.78 is 9.97. The quantitative estimate of drug-likeness (QED) is 0.760. The predicted molar refractivity (Wildman–Crippen MR) is 73.1 cm³/mol. The van der Waals surface area contributed by atoms with E-state index in [0.29, 0.717) is 0 Å². The highest BCUT2D eigenvalue weighted by molar-refractivity contribution is 5.85. The number of alkyl carbamates (subject to hydrolysis) is 1. The SMILES string of the molecule is CCC(=O)OC[C@H](NC(=O)OC(C)(C)C)C(=O)N(C)C. The van der Waals surface area contributed by atoms with Gasteiger partial charge in [0.25, 0.3) is 0 Å². The van der Waals surface area contributed by atoms with Gasteiger partial charge in [-0.05, 0) is 20.8 Å². The van der Waals surface area contributed by atoms with Crippen LogP contribution in [0.25, 0.3) is 0 Å². The third-order valence-electron chi connectivity index (χ3n) is 2.13. The van der Waals surface area contributed by atoms with E-state index in [-0.39, 0.29) is 18.9 Å². The van der Waals surface area contributed by atoms with Crippen LogP contribution in [-0.4, -0.2) is 55.2 Å². The van der Waals surface area contributed by atoms with Crippen molar-refractivity contribution in [1.29, 1.82) is 0 Å². The van der Waals surface area contributed by atoms with Gasteiger partial charge in [0.2, 0.25) is 5.91 Å². The number of hydrogen-bond acceptors (Lipinski definition) is 5. The smallest absolute Gasteiger partial charge is 0.408 e. The number of likely N-dealkylation sites (N-methyl/N-ethyl adjacent to an activating group) is 1. The average molecular weight is 288 g/mol. The predicted octanol–water partition coefficient (Wildman–Crippen LogP) is 0.921. The van der Waals surface area contributed by atoms with Crippen LogP contribution in [0.2, 0.25) is 0 Å². The lowest BCUT2D eigenvalue weighted by Gasteiger charge is -2.24. The van der Waals surface area contributed by atoms with Gasteiger partial charge >= 0.3 is 12.1 Å². The van der Waals surface area contributed by atoms with E-state index in [4.69, 9.17) is 9.47 Å². The Morgan fingerprint density at radius 1 is 1.20 bits per heavy atom. The molecule has 0 bridgehead atoms. The fraction of sp³-hybridized carbons (Fsp3) is 0.769. The van der Waals surface area contributed by atoms with E-state index >= 15 is 0 Å². The van der Waals surface area contributed by atoms with Crippen molar-refractivity contribution < 1.29 is 23.9 Å². The number of rotatable bonds is 5. The van der Waals surface area contributed by atoms with Crippen molar-refractivity contribution in [1.82, 2.24) is 10.2 Å². The van der Waals surface area contributed by atoms with Crippen LogP contribution in [0.4, 0.5) is 4.79 Å². The molecule has 7 nitrogen and oxygen atoms in total. The third kappa shape index (κ3) is 7.60. The summed E-state index contributed by atoms with van der Waals surface area (Å²) in [7, 11) is 3.10. The molecule has 0 radical (unpaired) electrons. The molecule has 0 aromatic carbocycles. The first-order valence-corrected chi connectivity index (χ1v) is 6.43. The molecule has 0 unspecified atom stereocenters. The molecule has 1 N–H and O–H groups in total. The van der Waals surface area contributed by atoms with E-state index < -0.39 is 23.7 Å². The van der Waals surface area contributed by atoms with E-state index in [2.05, 4.69) is 5.32 Å². The molecule has 0 heterocycles. The van der Waals surface area contributed by atoms with E-state index in [1.807, 2.05) is 0 Å². The lowest BCUT2D eigenvalue weighted by atomic mass is 10.2. The lowest BCUT2D eigenvalue weighted by molar-refractivity contribution is -0.146. The molecule has 0 saturated heterocycles. The van der Waals surface area contributed by atoms with Crippen LogP contribution >= 0.6 is 0 Å². The maximum absolute atomic E-state index is 11.9. The molecule has 0 aliphatic heterocycles. The normalized spacial score (nSPS) is 12.3. The lowest BCUT2D eigenvalue weighted by Crippen LogP contribution is -2.50. The standard InChI is InChI=1S/C13H24N2O5/c1-7-10(16)19-8-9(11(17)15(5)6)14-12(18)20-13(2,3)4/h9H,7-8H2,1-6H3,(H,14,18)/t9-/m0/s1. The minimum atomic E-state index is -0.963. The maximum Gasteiger partial charge on any atom is 0.408 e. The highest BCUT2D eigenvalue weighted by Crippen LogP contribution is 2.07. The van der Waals surface area contributed by atoms with Crippen molar-refractivity contribution in [2.24, 2.45) is 0 Å². The molecule has 116 valence electrons. The second-order valence-corrected chi connectivity index (χ2v) is 5.47. The average Bonchev–Trinajstić information content (AvgIpc) is 2.30. The first-order chi connectivity index (χ1) is 9.06. The molecule has 0 spiro atoms. The molecule has 2 amide bonds. The van der Waals surface area contributed by atoms with Gasteiger partial charge < -0.3 is 19.7 Å². The molecule has 0 saturated carbocycles. The Kier molecular flexibility index (Phi) is 7.02. The first kappa shape index (κ1) is 18.2. The fourth-order valence-corrected chi connectivity index (χ4v) is 1.21. The van der Waals surface area contributed by atoms with Crippen LogP contribution in [0.3, 0.4) is 0 Å². The number of hydrogen-bond donors (Lipinski definition) is 1. The molecular formula is C13H24N2O5. The number of nitrogens with zero attached hydrogens (tertiary/aromatic N) is 1. The zero-order valence-electron chi connectivity index (χ0n) is 13.0. The third-order valence-corrected chi connectivity index (χ3v) is 2.13. The number of amides is 2. The minimum Gasteiger partial charge on any atom is -0.463 e. The zero-order valence-corrected chi connectivity index (χ0v) is 13.0.